The van der Waals surface area contributed by atoms with Crippen LogP contribution in [0.5, 0.6) is 11.5 Å². The predicted octanol–water partition coefficient (Wildman–Crippen LogP) is 2.98. The van der Waals surface area contributed by atoms with Gasteiger partial charge in [0.25, 0.3) is 0 Å². The maximum absolute atomic E-state index is 9.63. The average molecular weight is 223 g/mol. The molecule has 0 aromatic heterocycles. The summed E-state index contributed by atoms with van der Waals surface area (Å²) in [5.41, 5.74) is 7.01. The van der Waals surface area contributed by atoms with Gasteiger partial charge in [0.2, 0.25) is 0 Å². The summed E-state index contributed by atoms with van der Waals surface area (Å²) in [6.07, 6.45) is 4.49. The van der Waals surface area contributed by atoms with Gasteiger partial charge in [-0.3, -0.25) is 0 Å². The van der Waals surface area contributed by atoms with Gasteiger partial charge in [0, 0.05) is 6.04 Å². The summed E-state index contributed by atoms with van der Waals surface area (Å²) < 4.78 is 4.99. The molecule has 0 aliphatic rings. The van der Waals surface area contributed by atoms with Gasteiger partial charge >= 0.3 is 0 Å². The lowest BCUT2D eigenvalue weighted by atomic mass is 10.0. The van der Waals surface area contributed by atoms with Crippen molar-refractivity contribution in [2.24, 2.45) is 5.73 Å². The van der Waals surface area contributed by atoms with E-state index in [9.17, 15) is 5.11 Å². The summed E-state index contributed by atoms with van der Waals surface area (Å²) >= 11 is 0. The molecule has 3 nitrogen and oxygen atoms in total. The zero-order valence-electron chi connectivity index (χ0n) is 10.1. The quantitative estimate of drug-likeness (QED) is 0.729. The van der Waals surface area contributed by atoms with Crippen molar-refractivity contribution in [3.63, 3.8) is 0 Å². The molecule has 90 valence electrons. The van der Waals surface area contributed by atoms with E-state index in [0.29, 0.717) is 5.75 Å². The second-order valence-corrected chi connectivity index (χ2v) is 4.03. The molecule has 0 aliphatic carbocycles. The monoisotopic (exact) mass is 223 g/mol. The molecule has 0 radical (unpaired) electrons. The number of unbranched alkanes of at least 4 members (excludes halogenated alkanes) is 2. The Labute approximate surface area is 97.2 Å². The first-order valence-corrected chi connectivity index (χ1v) is 5.81. The van der Waals surface area contributed by atoms with E-state index in [4.69, 9.17) is 10.5 Å². The third-order valence-corrected chi connectivity index (χ3v) is 2.75. The van der Waals surface area contributed by atoms with Gasteiger partial charge in [0.05, 0.1) is 7.11 Å². The largest absolute Gasteiger partial charge is 0.504 e. The molecule has 1 atom stereocenters. The van der Waals surface area contributed by atoms with Crippen molar-refractivity contribution < 1.29 is 9.84 Å². The van der Waals surface area contributed by atoms with Crippen LogP contribution in [0.15, 0.2) is 18.2 Å². The first-order chi connectivity index (χ1) is 7.69. The number of nitrogens with two attached hydrogens (primary N) is 1. The number of hydrogen-bond donors (Lipinski definition) is 2. The predicted molar refractivity (Wildman–Crippen MR) is 65.7 cm³/mol. The zero-order chi connectivity index (χ0) is 12.0. The number of ether oxygens (including phenoxy) is 1. The Morgan fingerprint density at radius 1 is 1.38 bits per heavy atom. The summed E-state index contributed by atoms with van der Waals surface area (Å²) in [5, 5.41) is 9.63. The minimum atomic E-state index is 0.00311. The summed E-state index contributed by atoms with van der Waals surface area (Å²) in [5.74, 6) is 0.649. The molecule has 0 bridgehead atoms. The van der Waals surface area contributed by atoms with Crippen LogP contribution in [0.2, 0.25) is 0 Å². The van der Waals surface area contributed by atoms with Crippen molar-refractivity contribution >= 4 is 0 Å². The van der Waals surface area contributed by atoms with E-state index in [2.05, 4.69) is 6.92 Å². The standard InChI is InChI=1S/C13H21NO2/c1-3-4-5-6-11(14)10-7-8-13(16-2)12(15)9-10/h7-9,11,15H,3-6,14H2,1-2H3/t11-/m1/s1. The van der Waals surface area contributed by atoms with Crippen molar-refractivity contribution in [1.82, 2.24) is 0 Å². The van der Waals surface area contributed by atoms with Gasteiger partial charge in [0.15, 0.2) is 11.5 Å². The van der Waals surface area contributed by atoms with Gasteiger partial charge < -0.3 is 15.6 Å². The average Bonchev–Trinajstić information content (AvgIpc) is 2.29. The number of phenolic OH excluding ortho intramolecular Hbond substituents is 1. The van der Waals surface area contributed by atoms with E-state index in [-0.39, 0.29) is 11.8 Å². The number of phenols is 1. The Balaban J connectivity index is 2.62. The molecule has 1 aromatic carbocycles. The first kappa shape index (κ1) is 12.8. The minimum absolute atomic E-state index is 0.00311. The third-order valence-electron chi connectivity index (χ3n) is 2.75. The van der Waals surface area contributed by atoms with Gasteiger partial charge in [-0.2, -0.15) is 0 Å². The Morgan fingerprint density at radius 3 is 2.69 bits per heavy atom. The van der Waals surface area contributed by atoms with Crippen molar-refractivity contribution in [2.45, 2.75) is 38.6 Å². The highest BCUT2D eigenvalue weighted by molar-refractivity contribution is 5.42. The van der Waals surface area contributed by atoms with Crippen LogP contribution >= 0.6 is 0 Å². The second-order valence-electron chi connectivity index (χ2n) is 4.03. The normalized spacial score (nSPS) is 12.4. The molecule has 0 heterocycles. The summed E-state index contributed by atoms with van der Waals surface area (Å²) in [6, 6.07) is 5.36. The maximum Gasteiger partial charge on any atom is 0.160 e. The maximum atomic E-state index is 9.63. The van der Waals surface area contributed by atoms with E-state index < -0.39 is 0 Å². The number of rotatable bonds is 6. The van der Waals surface area contributed by atoms with Gasteiger partial charge in [-0.05, 0) is 24.1 Å². The van der Waals surface area contributed by atoms with Gasteiger partial charge in [0.1, 0.15) is 0 Å². The Morgan fingerprint density at radius 2 is 2.12 bits per heavy atom. The molecule has 0 aliphatic heterocycles. The van der Waals surface area contributed by atoms with Gasteiger partial charge in [-0.1, -0.05) is 32.3 Å². The molecule has 1 rings (SSSR count). The summed E-state index contributed by atoms with van der Waals surface area (Å²) in [4.78, 5) is 0. The Hall–Kier alpha value is -1.22. The smallest absolute Gasteiger partial charge is 0.160 e. The van der Waals surface area contributed by atoms with Gasteiger partial charge in [-0.25, -0.2) is 0 Å². The lowest BCUT2D eigenvalue weighted by molar-refractivity contribution is 0.372. The fourth-order valence-corrected chi connectivity index (χ4v) is 1.72. The number of benzene rings is 1. The summed E-state index contributed by atoms with van der Waals surface area (Å²) in [6.45, 7) is 2.17. The molecule has 1 aromatic rings. The minimum Gasteiger partial charge on any atom is -0.504 e. The zero-order valence-corrected chi connectivity index (χ0v) is 10.1. The molecule has 0 spiro atoms. The lowest BCUT2D eigenvalue weighted by Crippen LogP contribution is -2.09. The van der Waals surface area contributed by atoms with Crippen LogP contribution in [0.3, 0.4) is 0 Å². The van der Waals surface area contributed by atoms with Crippen LogP contribution in [0.1, 0.15) is 44.2 Å². The molecular formula is C13H21NO2. The third kappa shape index (κ3) is 3.42. The van der Waals surface area contributed by atoms with Crippen LogP contribution < -0.4 is 10.5 Å². The highest BCUT2D eigenvalue weighted by Crippen LogP contribution is 2.29. The molecular weight excluding hydrogens is 202 g/mol. The summed E-state index contributed by atoms with van der Waals surface area (Å²) in [7, 11) is 1.54. The van der Waals surface area contributed by atoms with Crippen LogP contribution in [0, 0.1) is 0 Å². The molecule has 3 heteroatoms. The van der Waals surface area contributed by atoms with Crippen LogP contribution in [0.4, 0.5) is 0 Å². The van der Waals surface area contributed by atoms with Crippen molar-refractivity contribution in [2.75, 3.05) is 7.11 Å². The molecule has 0 saturated carbocycles. The fraction of sp³-hybridized carbons (Fsp3) is 0.538. The highest BCUT2D eigenvalue weighted by Gasteiger charge is 2.08. The Kier molecular flexibility index (Phi) is 5.12. The van der Waals surface area contributed by atoms with E-state index in [1.54, 1.807) is 12.1 Å². The number of methoxy groups -OCH3 is 1. The Bertz CT molecular complexity index is 326. The van der Waals surface area contributed by atoms with E-state index in [1.165, 1.54) is 20.0 Å². The van der Waals surface area contributed by atoms with Crippen molar-refractivity contribution in [3.8, 4) is 11.5 Å². The molecule has 0 saturated heterocycles. The fourth-order valence-electron chi connectivity index (χ4n) is 1.72. The molecule has 3 N–H and O–H groups in total. The van der Waals surface area contributed by atoms with Crippen LogP contribution in [0.25, 0.3) is 0 Å². The first-order valence-electron chi connectivity index (χ1n) is 5.81. The molecule has 0 amide bonds. The molecule has 16 heavy (non-hydrogen) atoms. The van der Waals surface area contributed by atoms with E-state index >= 15 is 0 Å². The highest BCUT2D eigenvalue weighted by atomic mass is 16.5. The van der Waals surface area contributed by atoms with E-state index in [1.807, 2.05) is 6.07 Å². The van der Waals surface area contributed by atoms with Crippen LogP contribution in [-0.4, -0.2) is 12.2 Å². The van der Waals surface area contributed by atoms with Crippen LogP contribution in [-0.2, 0) is 0 Å². The SMILES string of the molecule is CCCCC[C@@H](N)c1ccc(OC)c(O)c1. The van der Waals surface area contributed by atoms with Crippen molar-refractivity contribution in [3.05, 3.63) is 23.8 Å². The van der Waals surface area contributed by atoms with Crippen molar-refractivity contribution in [1.29, 1.82) is 0 Å². The number of aromatic hydroxyl groups is 1. The van der Waals surface area contributed by atoms with Gasteiger partial charge in [-0.15, -0.1) is 0 Å². The number of hydrogen-bond acceptors (Lipinski definition) is 3. The molecule has 0 unspecified atom stereocenters. The van der Waals surface area contributed by atoms with E-state index in [0.717, 1.165) is 18.4 Å². The topological polar surface area (TPSA) is 55.5 Å². The second kappa shape index (κ2) is 6.38. The molecule has 0 fully saturated rings. The lowest BCUT2D eigenvalue weighted by Gasteiger charge is -2.13.